The number of pyridine rings is 1. The fourth-order valence-electron chi connectivity index (χ4n) is 1.37. The predicted octanol–water partition coefficient (Wildman–Crippen LogP) is 1.69. The number of anilines is 2. The highest BCUT2D eigenvalue weighted by molar-refractivity contribution is 7.92. The number of hydrogen-bond acceptors (Lipinski definition) is 6. The number of nitrogens with one attached hydrogen (secondary N) is 2. The van der Waals surface area contributed by atoms with E-state index in [1.807, 2.05) is 6.92 Å². The topological polar surface area (TPSA) is 97.1 Å². The first-order chi connectivity index (χ1) is 9.12. The molecular formula is C11H14N4O3S. The molecule has 102 valence electrons. The number of rotatable bonds is 6. The second-order valence-corrected chi connectivity index (χ2v) is 5.51. The van der Waals surface area contributed by atoms with E-state index in [9.17, 15) is 8.42 Å². The Kier molecular flexibility index (Phi) is 4.00. The molecule has 8 heteroatoms. The van der Waals surface area contributed by atoms with E-state index in [2.05, 4.69) is 24.7 Å². The molecule has 0 spiro atoms. The van der Waals surface area contributed by atoms with Crippen molar-refractivity contribution in [3.8, 4) is 0 Å². The Hall–Kier alpha value is -2.09. The molecule has 0 aliphatic heterocycles. The molecule has 0 radical (unpaired) electrons. The van der Waals surface area contributed by atoms with Gasteiger partial charge >= 0.3 is 0 Å². The van der Waals surface area contributed by atoms with Gasteiger partial charge in [0.25, 0.3) is 10.0 Å². The lowest BCUT2D eigenvalue weighted by Crippen LogP contribution is -2.13. The number of nitrogens with zero attached hydrogens (tertiary/aromatic N) is 2. The molecule has 2 heterocycles. The summed E-state index contributed by atoms with van der Waals surface area (Å²) in [6, 6.07) is 3.11. The first-order valence-corrected chi connectivity index (χ1v) is 7.22. The molecule has 2 N–H and O–H groups in total. The Morgan fingerprint density at radius 1 is 1.32 bits per heavy atom. The van der Waals surface area contributed by atoms with Crippen LogP contribution in [0, 0.1) is 0 Å². The lowest BCUT2D eigenvalue weighted by Gasteiger charge is -2.07. The van der Waals surface area contributed by atoms with Gasteiger partial charge in [0.15, 0.2) is 0 Å². The molecule has 0 atom stereocenters. The summed E-state index contributed by atoms with van der Waals surface area (Å²) in [5.74, 6) is 0.644. The van der Waals surface area contributed by atoms with Gasteiger partial charge in [0.05, 0.1) is 6.20 Å². The molecular weight excluding hydrogens is 268 g/mol. The monoisotopic (exact) mass is 282 g/mol. The van der Waals surface area contributed by atoms with Crippen LogP contribution in [0.25, 0.3) is 0 Å². The van der Waals surface area contributed by atoms with Crippen molar-refractivity contribution < 1.29 is 12.9 Å². The van der Waals surface area contributed by atoms with Crippen LogP contribution in [0.4, 0.5) is 11.5 Å². The second-order valence-electron chi connectivity index (χ2n) is 3.82. The summed E-state index contributed by atoms with van der Waals surface area (Å²) in [7, 11) is -3.66. The molecule has 0 amide bonds. The third-order valence-corrected chi connectivity index (χ3v) is 3.65. The van der Waals surface area contributed by atoms with Gasteiger partial charge < -0.3 is 9.84 Å². The Morgan fingerprint density at radius 3 is 2.74 bits per heavy atom. The molecule has 0 aliphatic rings. The smallest absolute Gasteiger partial charge is 0.263 e. The van der Waals surface area contributed by atoms with Gasteiger partial charge in [0.2, 0.25) is 0 Å². The molecule has 2 aromatic rings. The van der Waals surface area contributed by atoms with E-state index < -0.39 is 10.0 Å². The quantitative estimate of drug-likeness (QED) is 0.836. The zero-order chi connectivity index (χ0) is 13.7. The minimum Gasteiger partial charge on any atom is -0.370 e. The summed E-state index contributed by atoms with van der Waals surface area (Å²) in [5, 5.41) is 6.49. The van der Waals surface area contributed by atoms with Gasteiger partial charge in [-0.3, -0.25) is 4.72 Å². The Morgan fingerprint density at radius 2 is 2.16 bits per heavy atom. The highest BCUT2D eigenvalue weighted by Crippen LogP contribution is 2.15. The molecule has 0 unspecified atom stereocenters. The van der Waals surface area contributed by atoms with Crippen molar-refractivity contribution >= 4 is 21.5 Å². The highest BCUT2D eigenvalue weighted by Gasteiger charge is 2.15. The maximum absolute atomic E-state index is 12.0. The maximum Gasteiger partial charge on any atom is 0.263 e. The van der Waals surface area contributed by atoms with Crippen molar-refractivity contribution in [3.63, 3.8) is 0 Å². The van der Waals surface area contributed by atoms with Crippen LogP contribution >= 0.6 is 0 Å². The molecule has 0 bridgehead atoms. The normalized spacial score (nSPS) is 11.2. The van der Waals surface area contributed by atoms with Crippen LogP contribution in [0.3, 0.4) is 0 Å². The van der Waals surface area contributed by atoms with E-state index in [0.717, 1.165) is 13.0 Å². The molecule has 0 saturated carbocycles. The zero-order valence-electron chi connectivity index (χ0n) is 10.3. The van der Waals surface area contributed by atoms with Crippen LogP contribution in [-0.4, -0.2) is 25.1 Å². The van der Waals surface area contributed by atoms with Gasteiger partial charge in [-0.1, -0.05) is 12.1 Å². The lowest BCUT2D eigenvalue weighted by molar-refractivity contribution is 0.420. The van der Waals surface area contributed by atoms with Crippen LogP contribution in [-0.2, 0) is 10.0 Å². The van der Waals surface area contributed by atoms with Gasteiger partial charge in [-0.2, -0.15) is 0 Å². The molecule has 0 fully saturated rings. The van der Waals surface area contributed by atoms with Crippen molar-refractivity contribution in [2.24, 2.45) is 0 Å². The minimum absolute atomic E-state index is 0.0794. The van der Waals surface area contributed by atoms with Crippen LogP contribution in [0.1, 0.15) is 13.3 Å². The van der Waals surface area contributed by atoms with Crippen LogP contribution < -0.4 is 10.0 Å². The fraction of sp³-hybridized carbons (Fsp3) is 0.273. The van der Waals surface area contributed by atoms with Crippen molar-refractivity contribution in [1.82, 2.24) is 10.1 Å². The Labute approximate surface area is 111 Å². The van der Waals surface area contributed by atoms with E-state index in [1.54, 1.807) is 6.07 Å². The molecule has 0 aromatic carbocycles. The van der Waals surface area contributed by atoms with Gasteiger partial charge in [-0.15, -0.1) is 0 Å². The third kappa shape index (κ3) is 3.44. The van der Waals surface area contributed by atoms with Gasteiger partial charge in [-0.05, 0) is 18.6 Å². The molecule has 0 aliphatic carbocycles. The molecule has 0 saturated heterocycles. The van der Waals surface area contributed by atoms with E-state index >= 15 is 0 Å². The molecule has 2 rings (SSSR count). The van der Waals surface area contributed by atoms with E-state index in [1.165, 1.54) is 24.7 Å². The van der Waals surface area contributed by atoms with Crippen molar-refractivity contribution in [2.75, 3.05) is 16.6 Å². The summed E-state index contributed by atoms with van der Waals surface area (Å²) in [6.45, 7) is 2.83. The summed E-state index contributed by atoms with van der Waals surface area (Å²) in [4.78, 5) is 4.12. The summed E-state index contributed by atoms with van der Waals surface area (Å²) in [6.07, 6.45) is 4.76. The number of hydrogen-bond donors (Lipinski definition) is 2. The number of sulfonamides is 1. The molecule has 2 aromatic heterocycles. The Balaban J connectivity index is 2.12. The molecule has 7 nitrogen and oxygen atoms in total. The van der Waals surface area contributed by atoms with E-state index in [4.69, 9.17) is 0 Å². The van der Waals surface area contributed by atoms with E-state index in [-0.39, 0.29) is 10.6 Å². The molecule has 19 heavy (non-hydrogen) atoms. The first kappa shape index (κ1) is 13.3. The average molecular weight is 282 g/mol. The highest BCUT2D eigenvalue weighted by atomic mass is 32.2. The third-order valence-electron chi connectivity index (χ3n) is 2.29. The van der Waals surface area contributed by atoms with Crippen LogP contribution in [0.2, 0.25) is 0 Å². The average Bonchev–Trinajstić information content (AvgIpc) is 2.89. The maximum atomic E-state index is 12.0. The van der Waals surface area contributed by atoms with Gasteiger partial charge in [0, 0.05) is 12.7 Å². The predicted molar refractivity (Wildman–Crippen MR) is 70.3 cm³/mol. The van der Waals surface area contributed by atoms with Gasteiger partial charge in [-0.25, -0.2) is 13.4 Å². The lowest BCUT2D eigenvalue weighted by atomic mass is 10.4. The minimum atomic E-state index is -3.66. The van der Waals surface area contributed by atoms with Crippen LogP contribution in [0.15, 0.2) is 40.2 Å². The van der Waals surface area contributed by atoms with Crippen molar-refractivity contribution in [3.05, 3.63) is 30.8 Å². The zero-order valence-corrected chi connectivity index (χ0v) is 11.1. The second kappa shape index (κ2) is 5.70. The fourth-order valence-corrected chi connectivity index (χ4v) is 2.33. The summed E-state index contributed by atoms with van der Waals surface area (Å²) >= 11 is 0. The standard InChI is InChI=1S/C11H14N4O3S/c1-2-5-12-11-4-3-10(7-13-11)19(16,17)15-9-6-14-18-8-9/h3-4,6-8,15H,2,5H2,1H3,(H,12,13). The van der Waals surface area contributed by atoms with Crippen molar-refractivity contribution in [1.29, 1.82) is 0 Å². The van der Waals surface area contributed by atoms with Crippen molar-refractivity contribution in [2.45, 2.75) is 18.2 Å². The largest absolute Gasteiger partial charge is 0.370 e. The SMILES string of the molecule is CCCNc1ccc(S(=O)(=O)Nc2cnoc2)cn1. The summed E-state index contributed by atoms with van der Waals surface area (Å²) in [5.41, 5.74) is 0.271. The first-order valence-electron chi connectivity index (χ1n) is 5.74. The number of aromatic nitrogens is 2. The van der Waals surface area contributed by atoms with E-state index in [0.29, 0.717) is 5.82 Å². The van der Waals surface area contributed by atoms with Crippen LogP contribution in [0.5, 0.6) is 0 Å². The van der Waals surface area contributed by atoms with Gasteiger partial charge in [0.1, 0.15) is 22.7 Å². The summed E-state index contributed by atoms with van der Waals surface area (Å²) < 4.78 is 30.9. The Bertz CT molecular complexity index is 608.